The maximum atomic E-state index is 11.8. The Bertz CT molecular complexity index is 1520. The number of carbonyl (C=O) groups excluding carboxylic acids is 4. The zero-order chi connectivity index (χ0) is 32.5. The van der Waals surface area contributed by atoms with E-state index in [1.54, 1.807) is 12.5 Å². The van der Waals surface area contributed by atoms with Crippen LogP contribution >= 0.6 is 0 Å². The van der Waals surface area contributed by atoms with Crippen LogP contribution in [0.4, 0.5) is 0 Å². The Hall–Kier alpha value is -4.96. The molecule has 0 atom stereocenters. The molecule has 0 bridgehead atoms. The van der Waals surface area contributed by atoms with E-state index in [0.717, 1.165) is 22.3 Å². The van der Waals surface area contributed by atoms with E-state index in [0.29, 0.717) is 0 Å². The van der Waals surface area contributed by atoms with E-state index < -0.39 is 17.7 Å². The van der Waals surface area contributed by atoms with Gasteiger partial charge in [0, 0.05) is 11.8 Å². The second-order valence-corrected chi connectivity index (χ2v) is 11.1. The number of benzene rings is 4. The molecule has 4 aromatic carbocycles. The quantitative estimate of drug-likeness (QED) is 0.116. The fourth-order valence-corrected chi connectivity index (χ4v) is 6.07. The minimum Gasteiger partial charge on any atom is -0.464 e. The summed E-state index contributed by atoms with van der Waals surface area (Å²) < 4.78 is 10.7. The van der Waals surface area contributed by atoms with E-state index in [-0.39, 0.29) is 56.8 Å². The topological polar surface area (TPSA) is 131 Å². The molecule has 0 saturated carbocycles. The lowest BCUT2D eigenvalue weighted by atomic mass is 9.98. The first-order chi connectivity index (χ1) is 22.4. The van der Waals surface area contributed by atoms with Gasteiger partial charge in [0.1, 0.15) is 26.1 Å². The molecule has 0 amide bonds. The molecule has 6 rings (SSSR count). The number of hydrogen-bond donors (Lipinski definition) is 3. The van der Waals surface area contributed by atoms with E-state index in [1.807, 2.05) is 60.7 Å². The highest BCUT2D eigenvalue weighted by Crippen LogP contribution is 2.45. The van der Waals surface area contributed by atoms with Gasteiger partial charge in [-0.1, -0.05) is 97.1 Å². The highest BCUT2D eigenvalue weighted by Gasteiger charge is 2.30. The Balaban J connectivity index is 0.000000181. The average molecular weight is 621 g/mol. The van der Waals surface area contributed by atoms with Gasteiger partial charge in [-0.15, -0.1) is 0 Å². The first kappa shape index (κ1) is 32.4. The van der Waals surface area contributed by atoms with Crippen molar-refractivity contribution in [3.05, 3.63) is 119 Å². The summed E-state index contributed by atoms with van der Waals surface area (Å²) in [6, 6.07) is 32.5. The molecule has 46 heavy (non-hydrogen) atoms. The third kappa shape index (κ3) is 7.46. The van der Waals surface area contributed by atoms with E-state index in [9.17, 15) is 19.2 Å². The molecule has 0 fully saturated rings. The van der Waals surface area contributed by atoms with Crippen molar-refractivity contribution in [2.24, 2.45) is 0 Å². The number of Topliss-reactive ketones (excluding diaryl/α,β-unsaturated/α-hetero) is 2. The molecular weight excluding hydrogens is 584 g/mol. The van der Waals surface area contributed by atoms with Crippen molar-refractivity contribution < 1.29 is 33.9 Å². The summed E-state index contributed by atoms with van der Waals surface area (Å²) in [6.07, 6.45) is -0.527. The van der Waals surface area contributed by atoms with E-state index in [1.165, 1.54) is 22.3 Å². The maximum absolute atomic E-state index is 11.8. The van der Waals surface area contributed by atoms with Crippen LogP contribution in [0, 0.1) is 0 Å². The molecule has 236 valence electrons. The number of hydrogen-bond acceptors (Lipinski definition) is 9. The second kappa shape index (κ2) is 15.4. The Morgan fingerprint density at radius 1 is 0.565 bits per heavy atom. The number of ketones is 2. The predicted molar refractivity (Wildman–Crippen MR) is 172 cm³/mol. The van der Waals surface area contributed by atoms with E-state index in [2.05, 4.69) is 41.7 Å². The van der Waals surface area contributed by atoms with Crippen molar-refractivity contribution >= 4 is 23.5 Å². The van der Waals surface area contributed by atoms with Crippen molar-refractivity contribution in [3.63, 3.8) is 0 Å². The van der Waals surface area contributed by atoms with E-state index >= 15 is 0 Å². The van der Waals surface area contributed by atoms with Gasteiger partial charge in [0.05, 0.1) is 13.1 Å². The Labute approximate surface area is 267 Å². The lowest BCUT2D eigenvalue weighted by Crippen LogP contribution is -2.23. The van der Waals surface area contributed by atoms with Crippen LogP contribution < -0.4 is 10.8 Å². The maximum Gasteiger partial charge on any atom is 0.313 e. The summed E-state index contributed by atoms with van der Waals surface area (Å²) in [5.74, 6) is -1.60. The molecule has 3 N–H and O–H groups in total. The molecule has 9 nitrogen and oxygen atoms in total. The highest BCUT2D eigenvalue weighted by atomic mass is 16.5. The van der Waals surface area contributed by atoms with Crippen LogP contribution in [0.3, 0.4) is 0 Å². The Kier molecular flexibility index (Phi) is 10.8. The molecular formula is C37H36N2O7. The first-order valence-corrected chi connectivity index (χ1v) is 15.1. The molecule has 0 spiro atoms. The van der Waals surface area contributed by atoms with Crippen LogP contribution in [-0.2, 0) is 28.7 Å². The SMILES string of the molecule is CNCC(=O)CC(=O)OCC1c2ccccc2-c2ccccc21.O=C(CNO)CC(=O)OCC1c2ccccc2-c2ccccc21. The highest BCUT2D eigenvalue weighted by molar-refractivity contribution is 5.97. The number of hydroxylamine groups is 1. The summed E-state index contributed by atoms with van der Waals surface area (Å²) in [4.78, 5) is 46.4. The Morgan fingerprint density at radius 3 is 1.22 bits per heavy atom. The zero-order valence-corrected chi connectivity index (χ0v) is 25.5. The van der Waals surface area contributed by atoms with Gasteiger partial charge < -0.3 is 20.0 Å². The predicted octanol–water partition coefficient (Wildman–Crippen LogP) is 4.80. The summed E-state index contributed by atoms with van der Waals surface area (Å²) in [7, 11) is 1.68. The minimum atomic E-state index is -0.577. The number of ether oxygens (including phenoxy) is 2. The summed E-state index contributed by atoms with van der Waals surface area (Å²) in [5.41, 5.74) is 11.0. The van der Waals surface area contributed by atoms with Crippen LogP contribution in [0.25, 0.3) is 22.3 Å². The van der Waals surface area contributed by atoms with Gasteiger partial charge in [0.15, 0.2) is 11.6 Å². The molecule has 0 aromatic heterocycles. The largest absolute Gasteiger partial charge is 0.464 e. The van der Waals surface area contributed by atoms with Crippen molar-refractivity contribution in [3.8, 4) is 22.3 Å². The molecule has 9 heteroatoms. The zero-order valence-electron chi connectivity index (χ0n) is 25.5. The summed E-state index contributed by atoms with van der Waals surface area (Å²) >= 11 is 0. The van der Waals surface area contributed by atoms with Crippen LogP contribution in [0.2, 0.25) is 0 Å². The number of esters is 2. The molecule has 0 radical (unpaired) electrons. The fourth-order valence-electron chi connectivity index (χ4n) is 6.07. The van der Waals surface area contributed by atoms with Gasteiger partial charge in [0.25, 0.3) is 0 Å². The Morgan fingerprint density at radius 2 is 0.891 bits per heavy atom. The third-order valence-corrected chi connectivity index (χ3v) is 8.08. The van der Waals surface area contributed by atoms with Gasteiger partial charge in [-0.3, -0.25) is 19.2 Å². The van der Waals surface area contributed by atoms with Crippen LogP contribution in [-0.4, -0.2) is 62.1 Å². The monoisotopic (exact) mass is 620 g/mol. The first-order valence-electron chi connectivity index (χ1n) is 15.1. The van der Waals surface area contributed by atoms with Crippen LogP contribution in [0.5, 0.6) is 0 Å². The van der Waals surface area contributed by atoms with Crippen LogP contribution in [0.1, 0.15) is 46.9 Å². The molecule has 2 aliphatic carbocycles. The molecule has 0 unspecified atom stereocenters. The molecule has 4 aromatic rings. The van der Waals surface area contributed by atoms with Gasteiger partial charge >= 0.3 is 11.9 Å². The number of rotatable bonds is 12. The molecule has 0 aliphatic heterocycles. The van der Waals surface area contributed by atoms with Crippen molar-refractivity contribution in [1.29, 1.82) is 0 Å². The third-order valence-electron chi connectivity index (χ3n) is 8.08. The van der Waals surface area contributed by atoms with E-state index in [4.69, 9.17) is 14.7 Å². The van der Waals surface area contributed by atoms with Gasteiger partial charge in [-0.05, 0) is 51.6 Å². The summed E-state index contributed by atoms with van der Waals surface area (Å²) in [5, 5.41) is 11.2. The standard InChI is InChI=1S/C19H19NO3.C18H17NO4/c1-20-11-13(21)10-19(22)23-12-18-16-8-4-2-6-14(16)15-7-3-5-9-17(15)18;20-12(10-19-22)9-18(21)23-11-17-15-7-3-1-5-13(15)14-6-2-4-8-16(14)17/h2-9,18,20H,10-12H2,1H3;1-8,17,19,22H,9-11H2. The molecule has 0 heterocycles. The van der Waals surface area contributed by atoms with Crippen molar-refractivity contribution in [2.75, 3.05) is 33.4 Å². The normalized spacial score (nSPS) is 12.6. The lowest BCUT2D eigenvalue weighted by Gasteiger charge is -2.14. The van der Waals surface area contributed by atoms with Crippen molar-refractivity contribution in [1.82, 2.24) is 10.8 Å². The van der Waals surface area contributed by atoms with Gasteiger partial charge in [-0.25, -0.2) is 0 Å². The van der Waals surface area contributed by atoms with Crippen molar-refractivity contribution in [2.45, 2.75) is 24.7 Å². The molecule has 0 saturated heterocycles. The minimum absolute atomic E-state index is 0.0163. The van der Waals surface area contributed by atoms with Gasteiger partial charge in [-0.2, -0.15) is 5.48 Å². The number of carbonyl (C=O) groups is 4. The average Bonchev–Trinajstić information content (AvgIpc) is 3.56. The summed E-state index contributed by atoms with van der Waals surface area (Å²) in [6.45, 7) is 0.390. The fraction of sp³-hybridized carbons (Fsp3) is 0.243. The van der Waals surface area contributed by atoms with Gasteiger partial charge in [0.2, 0.25) is 0 Å². The molecule has 2 aliphatic rings. The lowest BCUT2D eigenvalue weighted by molar-refractivity contribution is -0.147. The second-order valence-electron chi connectivity index (χ2n) is 11.1. The number of likely N-dealkylation sites (N-methyl/N-ethyl adjacent to an activating group) is 1. The smallest absolute Gasteiger partial charge is 0.313 e. The van der Waals surface area contributed by atoms with Crippen LogP contribution in [0.15, 0.2) is 97.1 Å². The number of nitrogens with one attached hydrogen (secondary N) is 2. The number of fused-ring (bicyclic) bond motifs is 6.